The lowest BCUT2D eigenvalue weighted by Gasteiger charge is -2.30. The van der Waals surface area contributed by atoms with Crippen molar-refractivity contribution in [1.29, 1.82) is 0 Å². The molecule has 1 saturated heterocycles. The number of carbonyl (C=O) groups excluding carboxylic acids is 1. The molecular formula is C27H27F3N10O3S. The monoisotopic (exact) mass is 628 g/mol. The summed E-state index contributed by atoms with van der Waals surface area (Å²) in [4.78, 5) is 16.3. The summed E-state index contributed by atoms with van der Waals surface area (Å²) in [6.45, 7) is -0.719. The number of amides is 2. The first-order chi connectivity index (χ1) is 21.0. The molecule has 0 atom stereocenters. The number of carbonyl (C=O) groups is 1. The summed E-state index contributed by atoms with van der Waals surface area (Å²) in [7, 11) is -1.97. The number of hydrogen-bond acceptors (Lipinski definition) is 7. The number of halogens is 3. The molecule has 230 valence electrons. The van der Waals surface area contributed by atoms with E-state index in [1.807, 2.05) is 16.9 Å². The number of nitrogens with zero attached hydrogens (tertiary/aromatic N) is 8. The van der Waals surface area contributed by atoms with Crippen LogP contribution in [0.5, 0.6) is 0 Å². The third-order valence-electron chi connectivity index (χ3n) is 7.25. The minimum Gasteiger partial charge on any atom is -0.329 e. The number of hydrogen-bond donors (Lipinski definition) is 2. The number of alkyl halides is 3. The standard InChI is InChI=1S/C27H27F3N10O3S/c1-37-8-7-25(36-37)44(42,43)38-9-5-22(6-10-38)39-16-20(14-33-39)19-12-24-31-15-23(40(24)34-13-19)18-3-2-4-21(11-18)35-26(41)32-17-27(28,29)30/h2-4,7-8,11-16,22H,5-6,9-10,17H2,1H3,(H2,32,35,41). The topological polar surface area (TPSA) is 144 Å². The molecule has 1 aliphatic rings. The Morgan fingerprint density at radius 3 is 2.52 bits per heavy atom. The lowest BCUT2D eigenvalue weighted by atomic mass is 10.1. The summed E-state index contributed by atoms with van der Waals surface area (Å²) >= 11 is 0. The van der Waals surface area contributed by atoms with Gasteiger partial charge in [0, 0.05) is 54.9 Å². The fourth-order valence-electron chi connectivity index (χ4n) is 5.04. The molecule has 1 fully saturated rings. The molecule has 0 saturated carbocycles. The summed E-state index contributed by atoms with van der Waals surface area (Å²) in [6, 6.07) is 9.02. The van der Waals surface area contributed by atoms with Crippen LogP contribution in [-0.2, 0) is 17.1 Å². The first-order valence-corrected chi connectivity index (χ1v) is 15.0. The number of imidazole rings is 1. The van der Waals surface area contributed by atoms with E-state index >= 15 is 0 Å². The van der Waals surface area contributed by atoms with Crippen LogP contribution in [0.25, 0.3) is 28.0 Å². The third kappa shape index (κ3) is 6.14. The van der Waals surface area contributed by atoms with Crippen LogP contribution in [0.3, 0.4) is 0 Å². The maximum absolute atomic E-state index is 12.9. The lowest BCUT2D eigenvalue weighted by Crippen LogP contribution is -2.39. The Kier molecular flexibility index (Phi) is 7.58. The van der Waals surface area contributed by atoms with Crippen LogP contribution < -0.4 is 10.6 Å². The SMILES string of the molecule is Cn1ccc(S(=O)(=O)N2CCC(n3cc(-c4cnn5c(-c6cccc(NC(=O)NCC(F)(F)F)c6)cnc5c4)cn3)CC2)n1. The van der Waals surface area contributed by atoms with Gasteiger partial charge >= 0.3 is 12.2 Å². The molecular weight excluding hydrogens is 601 g/mol. The number of urea groups is 1. The predicted octanol–water partition coefficient (Wildman–Crippen LogP) is 3.70. The highest BCUT2D eigenvalue weighted by Gasteiger charge is 2.32. The molecule has 5 aromatic rings. The van der Waals surface area contributed by atoms with E-state index in [1.165, 1.54) is 15.1 Å². The second-order valence-corrected chi connectivity index (χ2v) is 12.2. The van der Waals surface area contributed by atoms with E-state index in [0.29, 0.717) is 48.5 Å². The molecule has 17 heteroatoms. The second-order valence-electron chi connectivity index (χ2n) is 10.3. The molecule has 1 aromatic carbocycles. The molecule has 13 nitrogen and oxygen atoms in total. The van der Waals surface area contributed by atoms with Crippen molar-refractivity contribution in [2.75, 3.05) is 25.0 Å². The fourth-order valence-corrected chi connectivity index (χ4v) is 6.46. The van der Waals surface area contributed by atoms with E-state index in [-0.39, 0.29) is 11.1 Å². The third-order valence-corrected chi connectivity index (χ3v) is 9.04. The van der Waals surface area contributed by atoms with Gasteiger partial charge in [-0.25, -0.2) is 22.7 Å². The Bertz CT molecular complexity index is 1920. The second kappa shape index (κ2) is 11.4. The molecule has 0 spiro atoms. The summed E-state index contributed by atoms with van der Waals surface area (Å²) in [5, 5.41) is 17.3. The molecule has 0 bridgehead atoms. The number of anilines is 1. The van der Waals surface area contributed by atoms with E-state index in [4.69, 9.17) is 0 Å². The molecule has 2 amide bonds. The first kappa shape index (κ1) is 29.3. The summed E-state index contributed by atoms with van der Waals surface area (Å²) in [5.74, 6) is 0. The van der Waals surface area contributed by atoms with Crippen LogP contribution in [0.2, 0.25) is 0 Å². The zero-order chi connectivity index (χ0) is 31.1. The van der Waals surface area contributed by atoms with Crippen molar-refractivity contribution in [2.24, 2.45) is 7.05 Å². The van der Waals surface area contributed by atoms with Gasteiger partial charge in [0.2, 0.25) is 0 Å². The number of aryl methyl sites for hydroxylation is 1. The van der Waals surface area contributed by atoms with E-state index in [0.717, 1.165) is 11.1 Å². The van der Waals surface area contributed by atoms with E-state index in [9.17, 15) is 26.4 Å². The summed E-state index contributed by atoms with van der Waals surface area (Å²) in [5.41, 5.74) is 3.74. The Hall–Kier alpha value is -4.77. The number of rotatable bonds is 7. The fraction of sp³-hybridized carbons (Fsp3) is 0.296. The summed E-state index contributed by atoms with van der Waals surface area (Å²) in [6.07, 6.45) is 5.23. The molecule has 0 unspecified atom stereocenters. The van der Waals surface area contributed by atoms with Crippen molar-refractivity contribution in [3.63, 3.8) is 0 Å². The van der Waals surface area contributed by atoms with Crippen molar-refractivity contribution in [2.45, 2.75) is 30.1 Å². The lowest BCUT2D eigenvalue weighted by molar-refractivity contribution is -0.122. The Labute approximate surface area is 249 Å². The van der Waals surface area contributed by atoms with Crippen LogP contribution in [-0.4, -0.2) is 78.7 Å². The summed E-state index contributed by atoms with van der Waals surface area (Å²) < 4.78 is 69.4. The first-order valence-electron chi connectivity index (χ1n) is 13.6. The van der Waals surface area contributed by atoms with Gasteiger partial charge in [0.1, 0.15) is 6.54 Å². The zero-order valence-electron chi connectivity index (χ0n) is 23.3. The smallest absolute Gasteiger partial charge is 0.329 e. The maximum Gasteiger partial charge on any atom is 0.405 e. The molecule has 44 heavy (non-hydrogen) atoms. The van der Waals surface area contributed by atoms with Crippen LogP contribution in [0.4, 0.5) is 23.7 Å². The van der Waals surface area contributed by atoms with E-state index < -0.39 is 28.8 Å². The van der Waals surface area contributed by atoms with Crippen LogP contribution in [0.1, 0.15) is 18.9 Å². The van der Waals surface area contributed by atoms with Gasteiger partial charge in [0.25, 0.3) is 10.0 Å². The van der Waals surface area contributed by atoms with E-state index in [1.54, 1.807) is 65.9 Å². The van der Waals surface area contributed by atoms with E-state index in [2.05, 4.69) is 25.6 Å². The highest BCUT2D eigenvalue weighted by atomic mass is 32.2. The number of fused-ring (bicyclic) bond motifs is 1. The molecule has 0 radical (unpaired) electrons. The quantitative estimate of drug-likeness (QED) is 0.280. The number of nitrogens with one attached hydrogen (secondary N) is 2. The van der Waals surface area contributed by atoms with Crippen molar-refractivity contribution >= 4 is 27.4 Å². The van der Waals surface area contributed by atoms with Crippen molar-refractivity contribution in [1.82, 2.24) is 43.8 Å². The highest BCUT2D eigenvalue weighted by Crippen LogP contribution is 2.29. The van der Waals surface area contributed by atoms with Crippen LogP contribution in [0, 0.1) is 0 Å². The average molecular weight is 629 g/mol. The zero-order valence-corrected chi connectivity index (χ0v) is 24.1. The average Bonchev–Trinajstić information content (AvgIpc) is 3.76. The normalized spacial score (nSPS) is 15.1. The van der Waals surface area contributed by atoms with Crippen molar-refractivity contribution in [3.8, 4) is 22.4 Å². The van der Waals surface area contributed by atoms with Gasteiger partial charge in [-0.15, -0.1) is 0 Å². The minimum absolute atomic E-state index is 0.0325. The molecule has 1 aliphatic heterocycles. The predicted molar refractivity (Wildman–Crippen MR) is 153 cm³/mol. The van der Waals surface area contributed by atoms with Crippen LogP contribution in [0.15, 0.2) is 72.4 Å². The maximum atomic E-state index is 12.9. The molecule has 4 aromatic heterocycles. The van der Waals surface area contributed by atoms with Crippen molar-refractivity contribution in [3.05, 3.63) is 67.4 Å². The molecule has 2 N–H and O–H groups in total. The molecule has 6 rings (SSSR count). The van der Waals surface area contributed by atoms with Gasteiger partial charge in [-0.1, -0.05) is 12.1 Å². The Morgan fingerprint density at radius 1 is 1.02 bits per heavy atom. The van der Waals surface area contributed by atoms with Gasteiger partial charge in [-0.3, -0.25) is 9.36 Å². The number of piperidine rings is 1. The Balaban J connectivity index is 1.13. The molecule has 0 aliphatic carbocycles. The largest absolute Gasteiger partial charge is 0.405 e. The minimum atomic E-state index is -4.51. The van der Waals surface area contributed by atoms with Gasteiger partial charge in [-0.05, 0) is 37.1 Å². The van der Waals surface area contributed by atoms with Crippen LogP contribution >= 0.6 is 0 Å². The Morgan fingerprint density at radius 2 is 1.80 bits per heavy atom. The van der Waals surface area contributed by atoms with Crippen molar-refractivity contribution < 1.29 is 26.4 Å². The highest BCUT2D eigenvalue weighted by molar-refractivity contribution is 7.89. The van der Waals surface area contributed by atoms with Gasteiger partial charge in [0.15, 0.2) is 10.7 Å². The number of aromatic nitrogens is 7. The number of benzene rings is 1. The molecule has 5 heterocycles. The van der Waals surface area contributed by atoms with Gasteiger partial charge in [0.05, 0.1) is 30.3 Å². The number of sulfonamides is 1. The van der Waals surface area contributed by atoms with Gasteiger partial charge in [-0.2, -0.15) is 32.8 Å². The van der Waals surface area contributed by atoms with Gasteiger partial charge < -0.3 is 10.6 Å².